The third-order valence-electron chi connectivity index (χ3n) is 4.27. The van der Waals surface area contributed by atoms with Crippen LogP contribution in [0.2, 0.25) is 0 Å². The maximum Gasteiger partial charge on any atom is 0.328 e. The molecule has 0 radical (unpaired) electrons. The zero-order valence-electron chi connectivity index (χ0n) is 15.4. The van der Waals surface area contributed by atoms with Crippen molar-refractivity contribution in [2.24, 2.45) is 0 Å². The predicted molar refractivity (Wildman–Crippen MR) is 116 cm³/mol. The van der Waals surface area contributed by atoms with Crippen molar-refractivity contribution in [2.75, 3.05) is 5.32 Å². The molecule has 0 bridgehead atoms. The van der Waals surface area contributed by atoms with Crippen LogP contribution >= 0.6 is 22.6 Å². The molecule has 0 fully saturated rings. The molecule has 0 aliphatic heterocycles. The third kappa shape index (κ3) is 3.65. The van der Waals surface area contributed by atoms with Gasteiger partial charge in [0.05, 0.1) is 10.4 Å². The highest BCUT2D eigenvalue weighted by Gasteiger charge is 2.21. The zero-order valence-corrected chi connectivity index (χ0v) is 18.4. The van der Waals surface area contributed by atoms with Gasteiger partial charge in [-0.2, -0.15) is 4.98 Å². The fraction of sp³-hybridized carbons (Fsp3) is 0.105. The molecule has 0 unspecified atom stereocenters. The van der Waals surface area contributed by atoms with Gasteiger partial charge in [0.2, 0.25) is 11.7 Å². The molecule has 0 spiro atoms. The van der Waals surface area contributed by atoms with E-state index in [-0.39, 0.29) is 16.8 Å². The Balaban J connectivity index is 1.78. The lowest BCUT2D eigenvalue weighted by Gasteiger charge is -2.08. The van der Waals surface area contributed by atoms with Crippen LogP contribution in [-0.2, 0) is 14.8 Å². The molecule has 0 atom stereocenters. The second kappa shape index (κ2) is 7.26. The summed E-state index contributed by atoms with van der Waals surface area (Å²) in [7, 11) is -3.73. The average molecular weight is 522 g/mol. The first kappa shape index (κ1) is 19.6. The molecule has 2 aromatic carbocycles. The van der Waals surface area contributed by atoms with E-state index >= 15 is 0 Å². The number of nitrogens with zero attached hydrogens (tertiary/aromatic N) is 3. The van der Waals surface area contributed by atoms with Gasteiger partial charge in [-0.3, -0.25) is 10.1 Å². The van der Waals surface area contributed by atoms with Gasteiger partial charge < -0.3 is 4.52 Å². The first-order chi connectivity index (χ1) is 13.8. The Kier molecular flexibility index (Phi) is 4.90. The Bertz CT molecular complexity index is 1340. The Morgan fingerprint density at radius 3 is 2.59 bits per heavy atom. The number of nitrogens with one attached hydrogen (secondary N) is 1. The third-order valence-corrected chi connectivity index (χ3v) is 6.81. The molecular weight excluding hydrogens is 507 g/mol. The van der Waals surface area contributed by atoms with Gasteiger partial charge in [0.1, 0.15) is 0 Å². The van der Waals surface area contributed by atoms with Gasteiger partial charge in [-0.25, -0.2) is 12.4 Å². The molecule has 10 heteroatoms. The molecule has 1 N–H and O–H groups in total. The van der Waals surface area contributed by atoms with E-state index in [1.54, 1.807) is 48.7 Å². The highest BCUT2D eigenvalue weighted by Crippen LogP contribution is 2.30. The number of benzene rings is 2. The molecule has 8 nitrogen and oxygen atoms in total. The van der Waals surface area contributed by atoms with Crippen LogP contribution in [0.25, 0.3) is 22.3 Å². The number of amides is 1. The van der Waals surface area contributed by atoms with Gasteiger partial charge >= 0.3 is 6.01 Å². The molecule has 0 aliphatic rings. The lowest BCUT2D eigenvalue weighted by atomic mass is 10.1. The highest BCUT2D eigenvalue weighted by molar-refractivity contribution is 14.1. The molecule has 2 heterocycles. The van der Waals surface area contributed by atoms with Crippen molar-refractivity contribution < 1.29 is 17.7 Å². The molecule has 0 saturated carbocycles. The lowest BCUT2D eigenvalue weighted by Crippen LogP contribution is -2.11. The Hall–Kier alpha value is -2.73. The quantitative estimate of drug-likeness (QED) is 0.409. The van der Waals surface area contributed by atoms with Crippen molar-refractivity contribution in [3.8, 4) is 11.4 Å². The van der Waals surface area contributed by atoms with Gasteiger partial charge in [-0.15, -0.1) is 0 Å². The summed E-state index contributed by atoms with van der Waals surface area (Å²) >= 11 is 2.09. The van der Waals surface area contributed by atoms with Crippen molar-refractivity contribution in [3.63, 3.8) is 0 Å². The summed E-state index contributed by atoms with van der Waals surface area (Å²) in [5.41, 5.74) is 2.17. The number of halogens is 1. The number of anilines is 1. The molecular formula is C19H15IN4O4S. The van der Waals surface area contributed by atoms with Crippen molar-refractivity contribution >= 4 is 55.4 Å². The van der Waals surface area contributed by atoms with Gasteiger partial charge in [0.15, 0.2) is 0 Å². The Morgan fingerprint density at radius 1 is 1.17 bits per heavy atom. The largest absolute Gasteiger partial charge is 0.328 e. The minimum Gasteiger partial charge on any atom is -0.315 e. The molecule has 29 heavy (non-hydrogen) atoms. The summed E-state index contributed by atoms with van der Waals surface area (Å²) in [6.07, 6.45) is 1.59. The van der Waals surface area contributed by atoms with E-state index in [1.807, 2.05) is 6.92 Å². The first-order valence-electron chi connectivity index (χ1n) is 8.50. The fourth-order valence-electron chi connectivity index (χ4n) is 2.87. The van der Waals surface area contributed by atoms with Crippen LogP contribution in [0, 0.1) is 10.5 Å². The van der Waals surface area contributed by atoms with Crippen LogP contribution in [0.5, 0.6) is 0 Å². The van der Waals surface area contributed by atoms with E-state index in [2.05, 4.69) is 38.0 Å². The number of hydrogen-bond acceptors (Lipinski definition) is 6. The van der Waals surface area contributed by atoms with Crippen molar-refractivity contribution in [2.45, 2.75) is 18.7 Å². The van der Waals surface area contributed by atoms with E-state index < -0.39 is 10.0 Å². The molecule has 2 aromatic heterocycles. The molecule has 4 rings (SSSR count). The molecule has 0 saturated heterocycles. The summed E-state index contributed by atoms with van der Waals surface area (Å²) in [6.45, 7) is 3.25. The standard InChI is InChI=1S/C19H15IN4O4S/c1-11-3-6-14(7-4-11)29(26,27)24-10-16(20)15-9-13(5-8-17(15)24)18-22-19(28-23-18)21-12(2)25/h3-10H,1-2H3,(H,21,22,23,25). The number of hydrogen-bond donors (Lipinski definition) is 1. The number of aryl methyl sites for hydroxylation is 1. The van der Waals surface area contributed by atoms with Crippen molar-refractivity contribution in [1.29, 1.82) is 0 Å². The van der Waals surface area contributed by atoms with E-state index in [0.717, 1.165) is 14.5 Å². The maximum absolute atomic E-state index is 13.1. The Labute approximate surface area is 180 Å². The van der Waals surface area contributed by atoms with Crippen LogP contribution in [0.15, 0.2) is 58.1 Å². The smallest absolute Gasteiger partial charge is 0.315 e. The number of aromatic nitrogens is 3. The predicted octanol–water partition coefficient (Wildman–Crippen LogP) is 3.80. The van der Waals surface area contributed by atoms with Crippen molar-refractivity contribution in [3.05, 3.63) is 57.8 Å². The molecule has 1 amide bonds. The van der Waals surface area contributed by atoms with Gasteiger partial charge in [-0.05, 0) is 59.8 Å². The summed E-state index contributed by atoms with van der Waals surface area (Å²) in [4.78, 5) is 15.5. The number of carbonyl (C=O) groups excluding carboxylic acids is 1. The summed E-state index contributed by atoms with van der Waals surface area (Å²) < 4.78 is 33.3. The second-order valence-electron chi connectivity index (χ2n) is 6.43. The minimum absolute atomic E-state index is 0.00168. The van der Waals surface area contributed by atoms with Gasteiger partial charge in [0.25, 0.3) is 10.0 Å². The van der Waals surface area contributed by atoms with E-state index in [9.17, 15) is 13.2 Å². The number of rotatable bonds is 4. The van der Waals surface area contributed by atoms with Crippen LogP contribution in [-0.4, -0.2) is 28.4 Å². The molecule has 0 aliphatic carbocycles. The monoisotopic (exact) mass is 522 g/mol. The molecule has 4 aromatic rings. The van der Waals surface area contributed by atoms with Crippen LogP contribution in [0.1, 0.15) is 12.5 Å². The minimum atomic E-state index is -3.73. The molecule has 148 valence electrons. The summed E-state index contributed by atoms with van der Waals surface area (Å²) in [5.74, 6) is -0.0239. The summed E-state index contributed by atoms with van der Waals surface area (Å²) in [6, 6.07) is 11.9. The van der Waals surface area contributed by atoms with E-state index in [1.165, 1.54) is 10.9 Å². The van der Waals surface area contributed by atoms with Crippen LogP contribution in [0.4, 0.5) is 6.01 Å². The average Bonchev–Trinajstić information content (AvgIpc) is 3.26. The van der Waals surface area contributed by atoms with Crippen molar-refractivity contribution in [1.82, 2.24) is 14.1 Å². The van der Waals surface area contributed by atoms with Gasteiger partial charge in [0, 0.05) is 27.6 Å². The Morgan fingerprint density at radius 2 is 1.90 bits per heavy atom. The number of fused-ring (bicyclic) bond motifs is 1. The second-order valence-corrected chi connectivity index (χ2v) is 9.40. The lowest BCUT2D eigenvalue weighted by molar-refractivity contribution is -0.114. The van der Waals surface area contributed by atoms with Crippen LogP contribution in [0.3, 0.4) is 0 Å². The fourth-order valence-corrected chi connectivity index (χ4v) is 5.13. The summed E-state index contributed by atoms with van der Waals surface area (Å²) in [5, 5.41) is 7.02. The SMILES string of the molecule is CC(=O)Nc1nc(-c2ccc3c(c2)c(I)cn3S(=O)(=O)c2ccc(C)cc2)no1. The first-order valence-corrected chi connectivity index (χ1v) is 11.0. The normalized spacial score (nSPS) is 11.7. The maximum atomic E-state index is 13.1. The van der Waals surface area contributed by atoms with E-state index in [0.29, 0.717) is 16.9 Å². The van der Waals surface area contributed by atoms with Crippen LogP contribution < -0.4 is 5.32 Å². The zero-order chi connectivity index (χ0) is 20.8. The topological polar surface area (TPSA) is 107 Å². The highest BCUT2D eigenvalue weighted by atomic mass is 127. The van der Waals surface area contributed by atoms with Gasteiger partial charge in [-0.1, -0.05) is 22.9 Å². The number of carbonyl (C=O) groups is 1. The van der Waals surface area contributed by atoms with E-state index in [4.69, 9.17) is 4.52 Å².